The molecular weight excluding hydrogens is 186 g/mol. The molecule has 0 unspecified atom stereocenters. The summed E-state index contributed by atoms with van der Waals surface area (Å²) in [6.45, 7) is 2.12. The fourth-order valence-electron chi connectivity index (χ4n) is 1.20. The summed E-state index contributed by atoms with van der Waals surface area (Å²) in [6, 6.07) is 3.25. The van der Waals surface area contributed by atoms with Gasteiger partial charge in [-0.1, -0.05) is 24.9 Å². The molecule has 3 N–H and O–H groups in total. The van der Waals surface area contributed by atoms with Gasteiger partial charge < -0.3 is 10.8 Å². The average molecular weight is 200 g/mol. The second-order valence-corrected chi connectivity index (χ2v) is 3.51. The predicted molar refractivity (Wildman–Crippen MR) is 56.1 cm³/mol. The van der Waals surface area contributed by atoms with E-state index in [1.807, 2.05) is 0 Å². The van der Waals surface area contributed by atoms with Crippen LogP contribution in [0.1, 0.15) is 25.3 Å². The maximum Gasteiger partial charge on any atom is 0.136 e. The molecule has 0 aliphatic carbocycles. The molecule has 0 saturated carbocycles. The zero-order valence-corrected chi connectivity index (χ0v) is 8.43. The molecule has 1 aromatic rings. The standard InChI is InChI=1S/C10H14ClNO/c1-2-3-4-7-5-8(11)10(13)6-9(7)12/h5-6,13H,2-4,12H2,1H3. The SMILES string of the molecule is CCCCc1cc(Cl)c(O)cc1N. The Morgan fingerprint density at radius 1 is 1.46 bits per heavy atom. The number of phenols is 1. The lowest BCUT2D eigenvalue weighted by Crippen LogP contribution is -1.94. The van der Waals surface area contributed by atoms with Crippen LogP contribution in [0.5, 0.6) is 5.75 Å². The van der Waals surface area contributed by atoms with Gasteiger partial charge in [-0.3, -0.25) is 0 Å². The van der Waals surface area contributed by atoms with Crippen molar-refractivity contribution in [2.24, 2.45) is 0 Å². The largest absolute Gasteiger partial charge is 0.506 e. The van der Waals surface area contributed by atoms with E-state index in [2.05, 4.69) is 6.92 Å². The molecule has 1 rings (SSSR count). The van der Waals surface area contributed by atoms with Gasteiger partial charge in [-0.05, 0) is 24.5 Å². The Labute approximate surface area is 83.3 Å². The van der Waals surface area contributed by atoms with E-state index in [9.17, 15) is 5.11 Å². The zero-order valence-electron chi connectivity index (χ0n) is 7.68. The molecule has 0 aromatic heterocycles. The first-order chi connectivity index (χ1) is 6.15. The normalized spacial score (nSPS) is 10.3. The molecule has 0 aliphatic heterocycles. The van der Waals surface area contributed by atoms with Gasteiger partial charge in [0.25, 0.3) is 0 Å². The maximum absolute atomic E-state index is 9.24. The highest BCUT2D eigenvalue weighted by atomic mass is 35.5. The van der Waals surface area contributed by atoms with Crippen molar-refractivity contribution in [1.29, 1.82) is 0 Å². The van der Waals surface area contributed by atoms with E-state index < -0.39 is 0 Å². The Morgan fingerprint density at radius 3 is 2.77 bits per heavy atom. The van der Waals surface area contributed by atoms with Crippen LogP contribution >= 0.6 is 11.6 Å². The Kier molecular flexibility index (Phi) is 3.43. The van der Waals surface area contributed by atoms with Crippen molar-refractivity contribution in [3.8, 4) is 5.75 Å². The fourth-order valence-corrected chi connectivity index (χ4v) is 1.39. The van der Waals surface area contributed by atoms with Gasteiger partial charge in [0.05, 0.1) is 5.02 Å². The highest BCUT2D eigenvalue weighted by molar-refractivity contribution is 6.32. The molecule has 0 aliphatic rings. The summed E-state index contributed by atoms with van der Waals surface area (Å²) in [6.07, 6.45) is 3.13. The topological polar surface area (TPSA) is 46.2 Å². The molecule has 0 spiro atoms. The summed E-state index contributed by atoms with van der Waals surface area (Å²) in [5, 5.41) is 9.61. The number of hydrogen-bond donors (Lipinski definition) is 2. The van der Waals surface area contributed by atoms with Crippen LogP contribution < -0.4 is 5.73 Å². The van der Waals surface area contributed by atoms with Gasteiger partial charge in [0.1, 0.15) is 5.75 Å². The van der Waals surface area contributed by atoms with Crippen LogP contribution in [0.2, 0.25) is 5.02 Å². The highest BCUT2D eigenvalue weighted by Gasteiger charge is 2.04. The number of phenolic OH excluding ortho intramolecular Hbond substituents is 1. The van der Waals surface area contributed by atoms with Crippen LogP contribution in [0.25, 0.3) is 0 Å². The minimum Gasteiger partial charge on any atom is -0.506 e. The Morgan fingerprint density at radius 2 is 2.15 bits per heavy atom. The number of hydrogen-bond acceptors (Lipinski definition) is 2. The molecule has 2 nitrogen and oxygen atoms in total. The summed E-state index contributed by atoms with van der Waals surface area (Å²) >= 11 is 5.76. The number of aryl methyl sites for hydroxylation is 1. The van der Waals surface area contributed by atoms with Crippen molar-refractivity contribution in [2.75, 3.05) is 5.73 Å². The summed E-state index contributed by atoms with van der Waals surface area (Å²) < 4.78 is 0. The van der Waals surface area contributed by atoms with Crippen molar-refractivity contribution in [3.05, 3.63) is 22.7 Å². The summed E-state index contributed by atoms with van der Waals surface area (Å²) in [5.74, 6) is 0.0550. The summed E-state index contributed by atoms with van der Waals surface area (Å²) in [4.78, 5) is 0. The van der Waals surface area contributed by atoms with Crippen LogP contribution in [0.4, 0.5) is 5.69 Å². The van der Waals surface area contributed by atoms with Gasteiger partial charge in [0.2, 0.25) is 0 Å². The Balaban J connectivity index is 2.88. The minimum absolute atomic E-state index is 0.0550. The number of anilines is 1. The van der Waals surface area contributed by atoms with Crippen LogP contribution in [0.3, 0.4) is 0 Å². The Bertz CT molecular complexity index is 299. The molecule has 0 atom stereocenters. The van der Waals surface area contributed by atoms with Crippen LogP contribution in [0.15, 0.2) is 12.1 Å². The molecule has 13 heavy (non-hydrogen) atoms. The van der Waals surface area contributed by atoms with Crippen molar-refractivity contribution < 1.29 is 5.11 Å². The number of halogens is 1. The lowest BCUT2D eigenvalue weighted by atomic mass is 10.1. The number of nitrogen functional groups attached to an aromatic ring is 1. The zero-order chi connectivity index (χ0) is 9.84. The first-order valence-corrected chi connectivity index (χ1v) is 4.79. The lowest BCUT2D eigenvalue weighted by molar-refractivity contribution is 0.475. The molecule has 0 heterocycles. The number of aromatic hydroxyl groups is 1. The quantitative estimate of drug-likeness (QED) is 0.736. The van der Waals surface area contributed by atoms with E-state index in [4.69, 9.17) is 17.3 Å². The van der Waals surface area contributed by atoms with Crippen molar-refractivity contribution in [2.45, 2.75) is 26.2 Å². The van der Waals surface area contributed by atoms with E-state index in [1.165, 1.54) is 6.07 Å². The number of benzene rings is 1. The second kappa shape index (κ2) is 4.38. The minimum atomic E-state index is 0.0550. The monoisotopic (exact) mass is 199 g/mol. The average Bonchev–Trinajstić information content (AvgIpc) is 2.09. The van der Waals surface area contributed by atoms with Gasteiger partial charge in [0, 0.05) is 11.8 Å². The molecule has 3 heteroatoms. The van der Waals surface area contributed by atoms with E-state index in [-0.39, 0.29) is 5.75 Å². The molecule has 1 aromatic carbocycles. The van der Waals surface area contributed by atoms with E-state index in [1.54, 1.807) is 6.07 Å². The van der Waals surface area contributed by atoms with Crippen LogP contribution in [-0.2, 0) is 6.42 Å². The van der Waals surface area contributed by atoms with Crippen molar-refractivity contribution in [1.82, 2.24) is 0 Å². The smallest absolute Gasteiger partial charge is 0.136 e. The molecule has 0 bridgehead atoms. The van der Waals surface area contributed by atoms with E-state index in [0.29, 0.717) is 10.7 Å². The third-order valence-electron chi connectivity index (χ3n) is 2.01. The third-order valence-corrected chi connectivity index (χ3v) is 2.31. The molecular formula is C10H14ClNO. The van der Waals surface area contributed by atoms with Gasteiger partial charge in [-0.25, -0.2) is 0 Å². The third kappa shape index (κ3) is 2.52. The number of nitrogens with two attached hydrogens (primary N) is 1. The number of unbranched alkanes of at least 4 members (excludes halogenated alkanes) is 1. The van der Waals surface area contributed by atoms with Crippen molar-refractivity contribution >= 4 is 17.3 Å². The van der Waals surface area contributed by atoms with E-state index >= 15 is 0 Å². The van der Waals surface area contributed by atoms with Gasteiger partial charge in [-0.15, -0.1) is 0 Å². The first-order valence-electron chi connectivity index (χ1n) is 4.42. The van der Waals surface area contributed by atoms with Gasteiger partial charge in [-0.2, -0.15) is 0 Å². The molecule has 0 fully saturated rings. The second-order valence-electron chi connectivity index (χ2n) is 3.11. The highest BCUT2D eigenvalue weighted by Crippen LogP contribution is 2.29. The fraction of sp³-hybridized carbons (Fsp3) is 0.400. The summed E-state index contributed by atoms with van der Waals surface area (Å²) in [5.41, 5.74) is 7.35. The predicted octanol–water partition coefficient (Wildman–Crippen LogP) is 2.97. The molecule has 72 valence electrons. The van der Waals surface area contributed by atoms with Crippen LogP contribution in [-0.4, -0.2) is 5.11 Å². The van der Waals surface area contributed by atoms with Crippen molar-refractivity contribution in [3.63, 3.8) is 0 Å². The Hall–Kier alpha value is -0.890. The van der Waals surface area contributed by atoms with Gasteiger partial charge >= 0.3 is 0 Å². The first kappa shape index (κ1) is 10.2. The van der Waals surface area contributed by atoms with Gasteiger partial charge in [0.15, 0.2) is 0 Å². The van der Waals surface area contributed by atoms with Crippen LogP contribution in [0, 0.1) is 0 Å². The van der Waals surface area contributed by atoms with E-state index in [0.717, 1.165) is 24.8 Å². The number of rotatable bonds is 3. The molecule has 0 saturated heterocycles. The molecule has 0 amide bonds. The molecule has 0 radical (unpaired) electrons. The summed E-state index contributed by atoms with van der Waals surface area (Å²) in [7, 11) is 0. The lowest BCUT2D eigenvalue weighted by Gasteiger charge is -2.06. The maximum atomic E-state index is 9.24.